The Balaban J connectivity index is 1.77. The smallest absolute Gasteiger partial charge is 0.0454 e. The van der Waals surface area contributed by atoms with Gasteiger partial charge in [-0.25, -0.2) is 0 Å². The molecule has 3 heteroatoms. The Morgan fingerprint density at radius 1 is 1.39 bits per heavy atom. The van der Waals surface area contributed by atoms with Crippen LogP contribution >= 0.6 is 22.7 Å². The van der Waals surface area contributed by atoms with E-state index in [1.165, 1.54) is 46.4 Å². The molecule has 1 saturated carbocycles. The Kier molecular flexibility index (Phi) is 3.73. The van der Waals surface area contributed by atoms with E-state index in [1.807, 2.05) is 22.7 Å². The maximum Gasteiger partial charge on any atom is 0.0454 e. The summed E-state index contributed by atoms with van der Waals surface area (Å²) in [5.74, 6) is 1.62. The average Bonchev–Trinajstić information content (AvgIpc) is 2.98. The van der Waals surface area contributed by atoms with Gasteiger partial charge in [0.25, 0.3) is 0 Å². The van der Waals surface area contributed by atoms with Crippen LogP contribution in [0.1, 0.15) is 49.9 Å². The van der Waals surface area contributed by atoms with Crippen molar-refractivity contribution in [2.24, 2.45) is 17.6 Å². The summed E-state index contributed by atoms with van der Waals surface area (Å²) in [6.07, 6.45) is 6.77. The number of rotatable bonds is 3. The van der Waals surface area contributed by atoms with Crippen LogP contribution in [0.2, 0.25) is 0 Å². The molecule has 2 aromatic rings. The minimum Gasteiger partial charge on any atom is -0.323 e. The molecule has 2 heterocycles. The molecule has 0 saturated heterocycles. The van der Waals surface area contributed by atoms with Crippen molar-refractivity contribution in [1.82, 2.24) is 0 Å². The number of thiophene rings is 2. The first-order valence-corrected chi connectivity index (χ1v) is 8.70. The lowest BCUT2D eigenvalue weighted by molar-refractivity contribution is 0.232. The van der Waals surface area contributed by atoms with Crippen molar-refractivity contribution in [2.75, 3.05) is 0 Å². The van der Waals surface area contributed by atoms with Crippen molar-refractivity contribution in [3.63, 3.8) is 0 Å². The van der Waals surface area contributed by atoms with Gasteiger partial charge in [-0.05, 0) is 42.2 Å². The van der Waals surface area contributed by atoms with Crippen molar-refractivity contribution in [1.29, 1.82) is 0 Å². The first-order valence-electron chi connectivity index (χ1n) is 7.00. The van der Waals surface area contributed by atoms with Crippen molar-refractivity contribution < 1.29 is 0 Å². The van der Waals surface area contributed by atoms with Crippen LogP contribution in [-0.2, 0) is 0 Å². The molecule has 0 bridgehead atoms. The quantitative estimate of drug-likeness (QED) is 0.823. The molecule has 1 aliphatic carbocycles. The summed E-state index contributed by atoms with van der Waals surface area (Å²) >= 11 is 3.73. The fourth-order valence-corrected chi connectivity index (χ4v) is 5.43. The number of nitrogens with two attached hydrogens (primary N) is 1. The SMILES string of the molecule is CCC1CCCC(C(N)c2cc3sccc3s2)C1. The van der Waals surface area contributed by atoms with Gasteiger partial charge in [0.1, 0.15) is 0 Å². The zero-order valence-electron chi connectivity index (χ0n) is 10.9. The molecule has 1 nitrogen and oxygen atoms in total. The molecule has 3 unspecified atom stereocenters. The highest BCUT2D eigenvalue weighted by Gasteiger charge is 2.27. The van der Waals surface area contributed by atoms with Crippen LogP contribution in [0.15, 0.2) is 17.5 Å². The van der Waals surface area contributed by atoms with Crippen LogP contribution < -0.4 is 5.73 Å². The molecule has 0 aromatic carbocycles. The van der Waals surface area contributed by atoms with Gasteiger partial charge in [0.2, 0.25) is 0 Å². The maximum atomic E-state index is 6.52. The third-order valence-corrected chi connectivity index (χ3v) is 6.59. The molecular weight excluding hydrogens is 258 g/mol. The van der Waals surface area contributed by atoms with Crippen LogP contribution in [0.4, 0.5) is 0 Å². The highest BCUT2D eigenvalue weighted by Crippen LogP contribution is 2.41. The highest BCUT2D eigenvalue weighted by molar-refractivity contribution is 7.26. The van der Waals surface area contributed by atoms with Crippen molar-refractivity contribution in [3.05, 3.63) is 22.4 Å². The summed E-state index contributed by atoms with van der Waals surface area (Å²) in [6.45, 7) is 2.32. The predicted molar refractivity (Wildman–Crippen MR) is 82.4 cm³/mol. The number of hydrogen-bond donors (Lipinski definition) is 1. The van der Waals surface area contributed by atoms with E-state index < -0.39 is 0 Å². The van der Waals surface area contributed by atoms with E-state index in [1.54, 1.807) is 0 Å². The van der Waals surface area contributed by atoms with Crippen LogP contribution in [-0.4, -0.2) is 0 Å². The molecule has 98 valence electrons. The molecule has 1 aliphatic rings. The predicted octanol–water partition coefficient (Wildman–Crippen LogP) is 5.18. The zero-order valence-corrected chi connectivity index (χ0v) is 12.5. The number of hydrogen-bond acceptors (Lipinski definition) is 3. The van der Waals surface area contributed by atoms with E-state index in [2.05, 4.69) is 24.4 Å². The molecule has 0 radical (unpaired) electrons. The summed E-state index contributed by atoms with van der Waals surface area (Å²) in [6, 6.07) is 4.81. The van der Waals surface area contributed by atoms with Gasteiger partial charge >= 0.3 is 0 Å². The van der Waals surface area contributed by atoms with E-state index >= 15 is 0 Å². The maximum absolute atomic E-state index is 6.52. The largest absolute Gasteiger partial charge is 0.323 e. The minimum absolute atomic E-state index is 0.268. The Hall–Kier alpha value is -0.380. The van der Waals surface area contributed by atoms with Gasteiger partial charge in [0, 0.05) is 20.3 Å². The summed E-state index contributed by atoms with van der Waals surface area (Å²) in [7, 11) is 0. The van der Waals surface area contributed by atoms with E-state index in [0.29, 0.717) is 5.92 Å². The molecule has 0 amide bonds. The molecule has 3 rings (SSSR count). The molecule has 3 atom stereocenters. The first kappa shape index (κ1) is 12.6. The highest BCUT2D eigenvalue weighted by atomic mass is 32.1. The number of fused-ring (bicyclic) bond motifs is 1. The monoisotopic (exact) mass is 279 g/mol. The molecule has 0 aliphatic heterocycles. The van der Waals surface area contributed by atoms with Gasteiger partial charge < -0.3 is 5.73 Å². The van der Waals surface area contributed by atoms with Crippen LogP contribution in [0.3, 0.4) is 0 Å². The standard InChI is InChI=1S/C15H21NS2/c1-2-10-4-3-5-11(8-10)15(16)14-9-13-12(18-14)6-7-17-13/h6-7,9-11,15H,2-5,8,16H2,1H3. The normalized spacial score (nSPS) is 26.6. The van der Waals surface area contributed by atoms with Gasteiger partial charge in [-0.15, -0.1) is 22.7 Å². The van der Waals surface area contributed by atoms with Crippen LogP contribution in [0.5, 0.6) is 0 Å². The lowest BCUT2D eigenvalue weighted by Gasteiger charge is -2.32. The third-order valence-electron chi connectivity index (χ3n) is 4.40. The molecule has 0 spiro atoms. The lowest BCUT2D eigenvalue weighted by atomic mass is 9.77. The van der Waals surface area contributed by atoms with E-state index in [4.69, 9.17) is 5.73 Å². The Labute approximate surface area is 117 Å². The fourth-order valence-electron chi connectivity index (χ4n) is 3.21. The van der Waals surface area contributed by atoms with Gasteiger partial charge in [0.05, 0.1) is 0 Å². The summed E-state index contributed by atoms with van der Waals surface area (Å²) in [4.78, 5) is 1.40. The Morgan fingerprint density at radius 3 is 3.06 bits per heavy atom. The van der Waals surface area contributed by atoms with E-state index in [9.17, 15) is 0 Å². The summed E-state index contributed by atoms with van der Waals surface area (Å²) in [5, 5.41) is 2.17. The third kappa shape index (κ3) is 2.36. The van der Waals surface area contributed by atoms with Gasteiger partial charge in [-0.1, -0.05) is 26.2 Å². The molecule has 2 N–H and O–H groups in total. The van der Waals surface area contributed by atoms with Crippen molar-refractivity contribution >= 4 is 32.1 Å². The van der Waals surface area contributed by atoms with Gasteiger partial charge in [-0.3, -0.25) is 0 Å². The summed E-state index contributed by atoms with van der Waals surface area (Å²) in [5.41, 5.74) is 6.52. The Morgan fingerprint density at radius 2 is 2.28 bits per heavy atom. The van der Waals surface area contributed by atoms with Crippen molar-refractivity contribution in [3.8, 4) is 0 Å². The second-order valence-electron chi connectivity index (χ2n) is 5.52. The average molecular weight is 279 g/mol. The molecule has 2 aromatic heterocycles. The first-order chi connectivity index (χ1) is 8.78. The molecule has 18 heavy (non-hydrogen) atoms. The summed E-state index contributed by atoms with van der Waals surface area (Å²) < 4.78 is 2.82. The van der Waals surface area contributed by atoms with Crippen LogP contribution in [0.25, 0.3) is 9.40 Å². The Bertz CT molecular complexity index is 485. The lowest BCUT2D eigenvalue weighted by Crippen LogP contribution is -2.26. The van der Waals surface area contributed by atoms with Crippen LogP contribution in [0, 0.1) is 11.8 Å². The van der Waals surface area contributed by atoms with Crippen molar-refractivity contribution in [2.45, 2.75) is 45.1 Å². The fraction of sp³-hybridized carbons (Fsp3) is 0.600. The minimum atomic E-state index is 0.268. The van der Waals surface area contributed by atoms with E-state index in [-0.39, 0.29) is 6.04 Å². The second-order valence-corrected chi connectivity index (χ2v) is 7.59. The van der Waals surface area contributed by atoms with E-state index in [0.717, 1.165) is 5.92 Å². The molecular formula is C15H21NS2. The second kappa shape index (κ2) is 5.32. The van der Waals surface area contributed by atoms with Gasteiger partial charge in [-0.2, -0.15) is 0 Å². The topological polar surface area (TPSA) is 26.0 Å². The molecule has 1 fully saturated rings. The van der Waals surface area contributed by atoms with Gasteiger partial charge in [0.15, 0.2) is 0 Å². The zero-order chi connectivity index (χ0) is 12.5.